The molecule has 4 heteroatoms. The lowest BCUT2D eigenvalue weighted by Gasteiger charge is -2.32. The Morgan fingerprint density at radius 3 is 1.90 bits per heavy atom. The molecule has 2 heterocycles. The van der Waals surface area contributed by atoms with Crippen molar-refractivity contribution in [2.24, 2.45) is 4.99 Å². The van der Waals surface area contributed by atoms with Crippen molar-refractivity contribution < 1.29 is 4.74 Å². The molecule has 5 aromatic rings. The van der Waals surface area contributed by atoms with Gasteiger partial charge in [-0.3, -0.25) is 4.99 Å². The molecule has 40 heavy (non-hydrogen) atoms. The van der Waals surface area contributed by atoms with Crippen LogP contribution in [0.5, 0.6) is 11.5 Å². The molecule has 1 unspecified atom stereocenters. The molecular weight excluding hydrogens is 490 g/mol. The number of nitrogens with one attached hydrogen (secondary N) is 1. The van der Waals surface area contributed by atoms with Gasteiger partial charge in [0.2, 0.25) is 0 Å². The maximum Gasteiger partial charge on any atom is 0.151 e. The average molecular weight is 520 g/mol. The van der Waals surface area contributed by atoms with Crippen molar-refractivity contribution in [2.45, 2.75) is 18.9 Å². The summed E-state index contributed by atoms with van der Waals surface area (Å²) >= 11 is 0. The monoisotopic (exact) mass is 519 g/mol. The first-order valence-electron chi connectivity index (χ1n) is 13.8. The highest BCUT2D eigenvalue weighted by atomic mass is 16.5. The quantitative estimate of drug-likeness (QED) is 0.252. The molecule has 194 valence electrons. The first kappa shape index (κ1) is 24.0. The summed E-state index contributed by atoms with van der Waals surface area (Å²) in [6.45, 7) is 0. The van der Waals surface area contributed by atoms with Crippen LogP contribution in [0, 0.1) is 0 Å². The summed E-state index contributed by atoms with van der Waals surface area (Å²) in [6, 6.07) is 46.2. The minimum absolute atomic E-state index is 0.102. The van der Waals surface area contributed by atoms with E-state index in [0.717, 1.165) is 64.1 Å². The van der Waals surface area contributed by atoms with E-state index >= 15 is 0 Å². The zero-order valence-corrected chi connectivity index (χ0v) is 22.1. The third kappa shape index (κ3) is 4.65. The molecule has 0 radical (unpaired) electrons. The van der Waals surface area contributed by atoms with Crippen LogP contribution in [0.4, 0.5) is 17.1 Å². The number of allylic oxidation sites excluding steroid dienone is 1. The van der Waals surface area contributed by atoms with Gasteiger partial charge in [0.05, 0.1) is 17.4 Å². The van der Waals surface area contributed by atoms with Gasteiger partial charge in [-0.2, -0.15) is 0 Å². The molecule has 2 aliphatic rings. The number of ether oxygens (including phenoxy) is 1. The van der Waals surface area contributed by atoms with E-state index in [9.17, 15) is 0 Å². The molecule has 0 fully saturated rings. The summed E-state index contributed by atoms with van der Waals surface area (Å²) in [4.78, 5) is 7.50. The summed E-state index contributed by atoms with van der Waals surface area (Å²) in [5.41, 5.74) is 7.66. The van der Waals surface area contributed by atoms with Gasteiger partial charge in [0.1, 0.15) is 5.84 Å². The fraction of sp³-hybridized carbons (Fsp3) is 0.0833. The number of anilines is 3. The predicted octanol–water partition coefficient (Wildman–Crippen LogP) is 9.17. The number of hydrogen-bond acceptors (Lipinski definition) is 4. The molecule has 5 aromatic carbocycles. The minimum atomic E-state index is 0.102. The zero-order valence-electron chi connectivity index (χ0n) is 22.1. The van der Waals surface area contributed by atoms with E-state index in [2.05, 4.69) is 107 Å². The van der Waals surface area contributed by atoms with E-state index in [-0.39, 0.29) is 6.04 Å². The summed E-state index contributed by atoms with van der Waals surface area (Å²) in [7, 11) is 0. The predicted molar refractivity (Wildman–Crippen MR) is 164 cm³/mol. The number of nitrogens with zero attached hydrogens (tertiary/aromatic N) is 2. The van der Waals surface area contributed by atoms with Crippen molar-refractivity contribution in [3.63, 3.8) is 0 Å². The standard InChI is InChI=1S/C36H29N3O/c1-3-12-26(13-4-1)30-16-11-17-31(38-36(37-30)28-14-5-2-6-15-28)27-22-24-29(25-23-27)39-32-18-7-9-20-34(32)40-35-21-10-8-19-33(35)39/h1-10,12-15,17-25,30H,11,16H2,(H,37,38). The Morgan fingerprint density at radius 2 is 1.23 bits per heavy atom. The number of amidine groups is 1. The van der Waals surface area contributed by atoms with E-state index in [0.29, 0.717) is 0 Å². The van der Waals surface area contributed by atoms with E-state index in [4.69, 9.17) is 9.73 Å². The van der Waals surface area contributed by atoms with Crippen molar-refractivity contribution in [1.82, 2.24) is 5.32 Å². The van der Waals surface area contributed by atoms with Gasteiger partial charge in [0.25, 0.3) is 0 Å². The SMILES string of the molecule is C1=C(c2ccc(N3c4ccccc4Oc4ccccc43)cc2)NC(c2ccccc2)=NC(c2ccccc2)CC1. The second kappa shape index (κ2) is 10.6. The number of fused-ring (bicyclic) bond motifs is 2. The first-order valence-corrected chi connectivity index (χ1v) is 13.8. The van der Waals surface area contributed by atoms with Crippen molar-refractivity contribution in [2.75, 3.05) is 4.90 Å². The zero-order chi connectivity index (χ0) is 26.7. The van der Waals surface area contributed by atoms with Crippen LogP contribution in [-0.2, 0) is 0 Å². The van der Waals surface area contributed by atoms with Gasteiger partial charge in [-0.15, -0.1) is 0 Å². The van der Waals surface area contributed by atoms with Gasteiger partial charge in [-0.25, -0.2) is 0 Å². The van der Waals surface area contributed by atoms with Crippen molar-refractivity contribution >= 4 is 28.6 Å². The maximum atomic E-state index is 6.19. The normalized spacial score (nSPS) is 16.2. The van der Waals surface area contributed by atoms with Crippen LogP contribution < -0.4 is 15.0 Å². The molecule has 0 saturated heterocycles. The lowest BCUT2D eigenvalue weighted by Crippen LogP contribution is -2.25. The highest BCUT2D eigenvalue weighted by molar-refractivity contribution is 6.03. The Hall–Kier alpha value is -5.09. The fourth-order valence-electron chi connectivity index (χ4n) is 5.44. The maximum absolute atomic E-state index is 6.19. The van der Waals surface area contributed by atoms with Crippen molar-refractivity contribution in [3.8, 4) is 11.5 Å². The molecular formula is C36H29N3O. The van der Waals surface area contributed by atoms with Crippen molar-refractivity contribution in [1.29, 1.82) is 0 Å². The van der Waals surface area contributed by atoms with E-state index in [1.54, 1.807) is 0 Å². The third-order valence-corrected chi connectivity index (χ3v) is 7.43. The number of aliphatic imine (C=N–C) groups is 1. The van der Waals surface area contributed by atoms with Gasteiger partial charge < -0.3 is 15.0 Å². The highest BCUT2D eigenvalue weighted by Crippen LogP contribution is 2.50. The average Bonchev–Trinajstić information content (AvgIpc) is 3.01. The van der Waals surface area contributed by atoms with Crippen LogP contribution in [0.3, 0.4) is 0 Å². The van der Waals surface area contributed by atoms with Gasteiger partial charge in [0, 0.05) is 16.9 Å². The molecule has 0 saturated carbocycles. The Kier molecular flexibility index (Phi) is 6.35. The minimum Gasteiger partial charge on any atom is -0.453 e. The van der Waals surface area contributed by atoms with Gasteiger partial charge >= 0.3 is 0 Å². The Morgan fingerprint density at radius 1 is 0.625 bits per heavy atom. The van der Waals surface area contributed by atoms with E-state index < -0.39 is 0 Å². The fourth-order valence-corrected chi connectivity index (χ4v) is 5.44. The largest absolute Gasteiger partial charge is 0.453 e. The third-order valence-electron chi connectivity index (χ3n) is 7.43. The smallest absolute Gasteiger partial charge is 0.151 e. The summed E-state index contributed by atoms with van der Waals surface area (Å²) in [6.07, 6.45) is 4.19. The molecule has 0 aromatic heterocycles. The second-order valence-corrected chi connectivity index (χ2v) is 10.0. The molecule has 7 rings (SSSR count). The van der Waals surface area contributed by atoms with E-state index in [1.807, 2.05) is 42.5 Å². The van der Waals surface area contributed by atoms with Gasteiger partial charge in [-0.05, 0) is 60.4 Å². The number of hydrogen-bond donors (Lipinski definition) is 1. The second-order valence-electron chi connectivity index (χ2n) is 10.0. The number of benzene rings is 5. The lowest BCUT2D eigenvalue weighted by atomic mass is 9.99. The van der Waals surface area contributed by atoms with Crippen LogP contribution in [0.25, 0.3) is 5.70 Å². The molecule has 0 bridgehead atoms. The Labute approximate surface area is 234 Å². The van der Waals surface area contributed by atoms with Crippen LogP contribution in [0.2, 0.25) is 0 Å². The molecule has 0 aliphatic carbocycles. The van der Waals surface area contributed by atoms with Crippen LogP contribution in [-0.4, -0.2) is 5.84 Å². The van der Waals surface area contributed by atoms with Crippen LogP contribution >= 0.6 is 0 Å². The summed E-state index contributed by atoms with van der Waals surface area (Å²) in [5, 5.41) is 3.70. The summed E-state index contributed by atoms with van der Waals surface area (Å²) in [5.74, 6) is 2.60. The van der Waals surface area contributed by atoms with Gasteiger partial charge in [0.15, 0.2) is 11.5 Å². The van der Waals surface area contributed by atoms with Gasteiger partial charge in [-0.1, -0.05) is 103 Å². The lowest BCUT2D eigenvalue weighted by molar-refractivity contribution is 0.477. The van der Waals surface area contributed by atoms with E-state index in [1.165, 1.54) is 5.56 Å². The molecule has 1 atom stereocenters. The first-order chi connectivity index (χ1) is 19.8. The topological polar surface area (TPSA) is 36.9 Å². The van der Waals surface area contributed by atoms with Crippen LogP contribution in [0.15, 0.2) is 145 Å². The molecule has 0 amide bonds. The molecule has 1 N–H and O–H groups in total. The Balaban J connectivity index is 1.22. The molecule has 0 spiro atoms. The highest BCUT2D eigenvalue weighted by Gasteiger charge is 2.25. The molecule has 4 nitrogen and oxygen atoms in total. The number of para-hydroxylation sites is 4. The summed E-state index contributed by atoms with van der Waals surface area (Å²) < 4.78 is 6.19. The number of rotatable bonds is 4. The molecule has 2 aliphatic heterocycles. The van der Waals surface area contributed by atoms with Crippen LogP contribution in [0.1, 0.15) is 35.6 Å². The Bertz CT molecular complexity index is 1650. The van der Waals surface area contributed by atoms with Crippen molar-refractivity contribution in [3.05, 3.63) is 156 Å².